The minimum Gasteiger partial charge on any atom is -0.506 e. The Balaban J connectivity index is 1.84. The van der Waals surface area contributed by atoms with Crippen molar-refractivity contribution in [1.29, 1.82) is 0 Å². The Morgan fingerprint density at radius 1 is 1.05 bits per heavy atom. The van der Waals surface area contributed by atoms with Gasteiger partial charge in [-0.2, -0.15) is 0 Å². The molecule has 21 heavy (non-hydrogen) atoms. The highest BCUT2D eigenvalue weighted by atomic mass is 16.5. The van der Waals surface area contributed by atoms with Crippen LogP contribution in [0.4, 0.5) is 5.69 Å². The lowest BCUT2D eigenvalue weighted by Crippen LogP contribution is -2.03. The number of hydrogen-bond acceptors (Lipinski definition) is 4. The summed E-state index contributed by atoms with van der Waals surface area (Å²) in [5.41, 5.74) is 2.39. The molecule has 3 rings (SSSR count). The molecule has 3 aromatic rings. The Hall–Kier alpha value is -2.75. The van der Waals surface area contributed by atoms with Crippen molar-refractivity contribution in [3.05, 3.63) is 60.3 Å². The molecular weight excluding hydrogens is 264 g/mol. The summed E-state index contributed by atoms with van der Waals surface area (Å²) < 4.78 is 5.30. The maximum absolute atomic E-state index is 9.86. The van der Waals surface area contributed by atoms with Crippen LogP contribution in [0.5, 0.6) is 11.5 Å². The summed E-state index contributed by atoms with van der Waals surface area (Å²) >= 11 is 0. The predicted octanol–water partition coefficient (Wildman–Crippen LogP) is 3.56. The molecular formula is C17H16N2O2. The summed E-state index contributed by atoms with van der Waals surface area (Å²) in [5, 5.41) is 14.1. The number of rotatable bonds is 4. The number of nitrogens with one attached hydrogen (secondary N) is 1. The van der Waals surface area contributed by atoms with Crippen LogP contribution in [0.3, 0.4) is 0 Å². The fraction of sp³-hybridized carbons (Fsp3) is 0.118. The maximum Gasteiger partial charge on any atom is 0.141 e. The van der Waals surface area contributed by atoms with Crippen LogP contribution in [0.25, 0.3) is 10.9 Å². The van der Waals surface area contributed by atoms with Crippen molar-refractivity contribution in [2.24, 2.45) is 0 Å². The molecule has 2 aromatic carbocycles. The summed E-state index contributed by atoms with van der Waals surface area (Å²) in [6.07, 6.45) is 0. The minimum atomic E-state index is 0.201. The monoisotopic (exact) mass is 280 g/mol. The van der Waals surface area contributed by atoms with E-state index in [4.69, 9.17) is 4.74 Å². The lowest BCUT2D eigenvalue weighted by molar-refractivity contribution is 0.416. The van der Waals surface area contributed by atoms with Gasteiger partial charge in [0, 0.05) is 5.39 Å². The summed E-state index contributed by atoms with van der Waals surface area (Å²) in [7, 11) is 1.65. The first-order chi connectivity index (χ1) is 10.3. The Morgan fingerprint density at radius 3 is 2.76 bits per heavy atom. The fourth-order valence-corrected chi connectivity index (χ4v) is 2.25. The molecule has 4 nitrogen and oxygen atoms in total. The smallest absolute Gasteiger partial charge is 0.141 e. The molecule has 0 aliphatic heterocycles. The number of fused-ring (bicyclic) bond motifs is 1. The molecule has 2 N–H and O–H groups in total. The number of methoxy groups -OCH3 is 1. The summed E-state index contributed by atoms with van der Waals surface area (Å²) in [6, 6.07) is 17.0. The quantitative estimate of drug-likeness (QED) is 0.767. The average Bonchev–Trinajstić information content (AvgIpc) is 2.54. The molecule has 0 aliphatic rings. The van der Waals surface area contributed by atoms with Gasteiger partial charge in [0.2, 0.25) is 0 Å². The number of aromatic nitrogens is 1. The van der Waals surface area contributed by atoms with Crippen LogP contribution in [0, 0.1) is 0 Å². The number of anilines is 1. The van der Waals surface area contributed by atoms with E-state index in [0.717, 1.165) is 22.5 Å². The molecule has 0 aliphatic carbocycles. The second kappa shape index (κ2) is 5.71. The molecule has 4 heteroatoms. The fourth-order valence-electron chi connectivity index (χ4n) is 2.25. The molecule has 0 spiro atoms. The molecule has 0 unspecified atom stereocenters. The summed E-state index contributed by atoms with van der Waals surface area (Å²) in [6.45, 7) is 0.560. The molecule has 1 heterocycles. The SMILES string of the molecule is COc1ccccc1NCc1ccc2cccc(O)c2n1. The summed E-state index contributed by atoms with van der Waals surface area (Å²) in [4.78, 5) is 4.49. The van der Waals surface area contributed by atoms with Gasteiger partial charge in [-0.15, -0.1) is 0 Å². The standard InChI is InChI=1S/C17H16N2O2/c1-21-16-8-3-2-6-14(16)18-11-13-10-9-12-5-4-7-15(20)17(12)19-13/h2-10,18,20H,11H2,1H3. The van der Waals surface area contributed by atoms with Gasteiger partial charge in [0.05, 0.1) is 25.0 Å². The van der Waals surface area contributed by atoms with E-state index in [0.29, 0.717) is 12.1 Å². The Labute approximate surface area is 123 Å². The van der Waals surface area contributed by atoms with Gasteiger partial charge in [-0.3, -0.25) is 0 Å². The summed E-state index contributed by atoms with van der Waals surface area (Å²) in [5.74, 6) is 0.993. The highest BCUT2D eigenvalue weighted by Gasteiger charge is 2.04. The molecule has 0 saturated carbocycles. The van der Waals surface area contributed by atoms with Crippen LogP contribution >= 0.6 is 0 Å². The van der Waals surface area contributed by atoms with Crippen molar-refractivity contribution in [2.75, 3.05) is 12.4 Å². The molecule has 0 amide bonds. The molecule has 0 saturated heterocycles. The van der Waals surface area contributed by atoms with E-state index in [-0.39, 0.29) is 5.75 Å². The van der Waals surface area contributed by atoms with Gasteiger partial charge in [-0.1, -0.05) is 30.3 Å². The second-order valence-electron chi connectivity index (χ2n) is 4.71. The van der Waals surface area contributed by atoms with Crippen LogP contribution in [0.15, 0.2) is 54.6 Å². The van der Waals surface area contributed by atoms with Crippen LogP contribution < -0.4 is 10.1 Å². The number of nitrogens with zero attached hydrogens (tertiary/aromatic N) is 1. The van der Waals surface area contributed by atoms with E-state index in [2.05, 4.69) is 10.3 Å². The van der Waals surface area contributed by atoms with Gasteiger partial charge in [0.15, 0.2) is 0 Å². The van der Waals surface area contributed by atoms with Gasteiger partial charge in [0.25, 0.3) is 0 Å². The lowest BCUT2D eigenvalue weighted by atomic mass is 10.2. The predicted molar refractivity (Wildman–Crippen MR) is 83.7 cm³/mol. The van der Waals surface area contributed by atoms with Crippen molar-refractivity contribution in [3.8, 4) is 11.5 Å². The average molecular weight is 280 g/mol. The Bertz CT molecular complexity index is 772. The molecule has 1 aromatic heterocycles. The van der Waals surface area contributed by atoms with Crippen LogP contribution in [-0.2, 0) is 6.54 Å². The number of para-hydroxylation sites is 3. The number of phenols is 1. The van der Waals surface area contributed by atoms with Crippen LogP contribution in [0.2, 0.25) is 0 Å². The van der Waals surface area contributed by atoms with Gasteiger partial charge in [-0.05, 0) is 24.3 Å². The van der Waals surface area contributed by atoms with Crippen molar-refractivity contribution >= 4 is 16.6 Å². The van der Waals surface area contributed by atoms with Gasteiger partial charge in [0.1, 0.15) is 17.0 Å². The van der Waals surface area contributed by atoms with E-state index in [1.165, 1.54) is 0 Å². The third-order valence-corrected chi connectivity index (χ3v) is 3.32. The normalized spacial score (nSPS) is 10.5. The van der Waals surface area contributed by atoms with Crippen molar-refractivity contribution in [2.45, 2.75) is 6.54 Å². The van der Waals surface area contributed by atoms with Crippen molar-refractivity contribution in [3.63, 3.8) is 0 Å². The van der Waals surface area contributed by atoms with Crippen LogP contribution in [-0.4, -0.2) is 17.2 Å². The van der Waals surface area contributed by atoms with E-state index < -0.39 is 0 Å². The molecule has 0 radical (unpaired) electrons. The van der Waals surface area contributed by atoms with E-state index in [9.17, 15) is 5.11 Å². The Morgan fingerprint density at radius 2 is 1.90 bits per heavy atom. The number of benzene rings is 2. The number of ether oxygens (including phenoxy) is 1. The zero-order chi connectivity index (χ0) is 14.7. The second-order valence-corrected chi connectivity index (χ2v) is 4.71. The number of hydrogen-bond donors (Lipinski definition) is 2. The van der Waals surface area contributed by atoms with E-state index >= 15 is 0 Å². The highest BCUT2D eigenvalue weighted by Crippen LogP contribution is 2.25. The molecule has 0 atom stereocenters. The van der Waals surface area contributed by atoms with Gasteiger partial charge in [-0.25, -0.2) is 4.98 Å². The first-order valence-electron chi connectivity index (χ1n) is 6.72. The van der Waals surface area contributed by atoms with Crippen molar-refractivity contribution in [1.82, 2.24) is 4.98 Å². The number of phenolic OH excluding ortho intramolecular Hbond substituents is 1. The van der Waals surface area contributed by atoms with Crippen LogP contribution in [0.1, 0.15) is 5.69 Å². The zero-order valence-corrected chi connectivity index (χ0v) is 11.7. The lowest BCUT2D eigenvalue weighted by Gasteiger charge is -2.11. The molecule has 106 valence electrons. The van der Waals surface area contributed by atoms with E-state index in [1.54, 1.807) is 13.2 Å². The largest absolute Gasteiger partial charge is 0.506 e. The molecule has 0 bridgehead atoms. The van der Waals surface area contributed by atoms with Gasteiger partial charge >= 0.3 is 0 Å². The third kappa shape index (κ3) is 2.74. The first kappa shape index (κ1) is 13.2. The Kier molecular flexibility index (Phi) is 3.60. The highest BCUT2D eigenvalue weighted by molar-refractivity contribution is 5.84. The zero-order valence-electron chi connectivity index (χ0n) is 11.7. The topological polar surface area (TPSA) is 54.4 Å². The minimum absolute atomic E-state index is 0.201. The maximum atomic E-state index is 9.86. The van der Waals surface area contributed by atoms with Crippen molar-refractivity contribution < 1.29 is 9.84 Å². The third-order valence-electron chi connectivity index (χ3n) is 3.32. The number of pyridine rings is 1. The van der Waals surface area contributed by atoms with Gasteiger partial charge < -0.3 is 15.2 Å². The van der Waals surface area contributed by atoms with E-state index in [1.807, 2.05) is 48.5 Å². The first-order valence-corrected chi connectivity index (χ1v) is 6.72. The molecule has 0 fully saturated rings. The number of aromatic hydroxyl groups is 1.